The summed E-state index contributed by atoms with van der Waals surface area (Å²) in [5.74, 6) is -0.0776. The van der Waals surface area contributed by atoms with Gasteiger partial charge in [0, 0.05) is 26.9 Å². The zero-order valence-electron chi connectivity index (χ0n) is 14.6. The number of hydrogen-bond donors (Lipinski definition) is 2. The molecule has 2 N–H and O–H groups in total. The summed E-state index contributed by atoms with van der Waals surface area (Å²) in [5, 5.41) is 13.1. The molecule has 3 amide bonds. The van der Waals surface area contributed by atoms with Gasteiger partial charge in [0.05, 0.1) is 11.1 Å². The minimum absolute atomic E-state index is 0.112. The first-order chi connectivity index (χ1) is 12.1. The highest BCUT2D eigenvalue weighted by Gasteiger charge is 2.10. The summed E-state index contributed by atoms with van der Waals surface area (Å²) in [6.07, 6.45) is 2.48. The average molecular weight is 380 g/mol. The molecule has 0 saturated carbocycles. The SMILES string of the molecule is CN(C)C(=O)Nc1cnn(CC(=O)NCc2ccc(S(C)(=O)=O)cc2)n1. The van der Waals surface area contributed by atoms with Gasteiger partial charge in [0.2, 0.25) is 5.91 Å². The van der Waals surface area contributed by atoms with Gasteiger partial charge in [0.1, 0.15) is 6.54 Å². The molecule has 0 aliphatic carbocycles. The molecule has 0 spiro atoms. The lowest BCUT2D eigenvalue weighted by atomic mass is 10.2. The van der Waals surface area contributed by atoms with E-state index in [1.54, 1.807) is 26.2 Å². The van der Waals surface area contributed by atoms with Crippen molar-refractivity contribution in [2.24, 2.45) is 0 Å². The standard InChI is InChI=1S/C15H20N6O4S/c1-20(2)15(23)18-13-9-17-21(19-13)10-14(22)16-8-11-4-6-12(7-5-11)26(3,24)25/h4-7,9H,8,10H2,1-3H3,(H,16,22)(H,18,19,23). The van der Waals surface area contributed by atoms with Crippen molar-refractivity contribution in [1.29, 1.82) is 0 Å². The minimum Gasteiger partial charge on any atom is -0.350 e. The highest BCUT2D eigenvalue weighted by molar-refractivity contribution is 7.90. The number of benzene rings is 1. The molecule has 0 fully saturated rings. The maximum Gasteiger partial charge on any atom is 0.322 e. The lowest BCUT2D eigenvalue weighted by Gasteiger charge is -2.09. The van der Waals surface area contributed by atoms with Crippen LogP contribution in [0.1, 0.15) is 5.56 Å². The van der Waals surface area contributed by atoms with E-state index in [9.17, 15) is 18.0 Å². The Morgan fingerprint density at radius 1 is 1.19 bits per heavy atom. The summed E-state index contributed by atoms with van der Waals surface area (Å²) in [5.41, 5.74) is 0.762. The topological polar surface area (TPSA) is 126 Å². The first kappa shape index (κ1) is 19.4. The molecule has 26 heavy (non-hydrogen) atoms. The lowest BCUT2D eigenvalue weighted by Crippen LogP contribution is -2.29. The number of carbonyl (C=O) groups excluding carboxylic acids is 2. The molecule has 2 rings (SSSR count). The van der Waals surface area contributed by atoms with Gasteiger partial charge in [0.25, 0.3) is 0 Å². The fraction of sp³-hybridized carbons (Fsp3) is 0.333. The molecule has 1 aromatic carbocycles. The molecule has 0 aliphatic heterocycles. The Balaban J connectivity index is 1.85. The Hall–Kier alpha value is -2.95. The van der Waals surface area contributed by atoms with Gasteiger partial charge in [-0.25, -0.2) is 13.2 Å². The quantitative estimate of drug-likeness (QED) is 0.731. The summed E-state index contributed by atoms with van der Waals surface area (Å²) in [7, 11) is -0.0577. The predicted octanol–water partition coefficient (Wildman–Crippen LogP) is 0.0915. The van der Waals surface area contributed by atoms with Gasteiger partial charge in [-0.15, -0.1) is 5.10 Å². The van der Waals surface area contributed by atoms with Crippen molar-refractivity contribution in [3.63, 3.8) is 0 Å². The summed E-state index contributed by atoms with van der Waals surface area (Å²) in [4.78, 5) is 26.2. The third-order valence-corrected chi connectivity index (χ3v) is 4.43. The Morgan fingerprint density at radius 2 is 1.85 bits per heavy atom. The molecule has 2 aromatic rings. The fourth-order valence-corrected chi connectivity index (χ4v) is 2.52. The number of anilines is 1. The summed E-state index contributed by atoms with van der Waals surface area (Å²) in [6.45, 7) is 0.133. The van der Waals surface area contributed by atoms with Crippen LogP contribution in [-0.4, -0.2) is 60.6 Å². The third kappa shape index (κ3) is 5.55. The number of hydrogen-bond acceptors (Lipinski definition) is 6. The number of aromatic nitrogens is 3. The molecule has 11 heteroatoms. The van der Waals surface area contributed by atoms with Crippen LogP contribution in [0.2, 0.25) is 0 Å². The van der Waals surface area contributed by atoms with Crippen molar-refractivity contribution in [1.82, 2.24) is 25.2 Å². The summed E-state index contributed by atoms with van der Waals surface area (Å²) >= 11 is 0. The molecular weight excluding hydrogens is 360 g/mol. The van der Waals surface area contributed by atoms with Crippen molar-refractivity contribution < 1.29 is 18.0 Å². The monoisotopic (exact) mass is 380 g/mol. The lowest BCUT2D eigenvalue weighted by molar-refractivity contribution is -0.122. The molecule has 0 bridgehead atoms. The Bertz CT molecular complexity index is 889. The number of nitrogens with one attached hydrogen (secondary N) is 2. The van der Waals surface area contributed by atoms with E-state index in [0.29, 0.717) is 0 Å². The van der Waals surface area contributed by atoms with Crippen LogP contribution in [0.25, 0.3) is 0 Å². The molecular formula is C15H20N6O4S. The number of sulfone groups is 1. The maximum absolute atomic E-state index is 11.9. The molecule has 1 heterocycles. The summed E-state index contributed by atoms with van der Waals surface area (Å²) in [6, 6.07) is 5.91. The van der Waals surface area contributed by atoms with E-state index in [4.69, 9.17) is 0 Å². The van der Waals surface area contributed by atoms with Crippen molar-refractivity contribution in [2.45, 2.75) is 18.0 Å². The second-order valence-corrected chi connectivity index (χ2v) is 7.79. The second-order valence-electron chi connectivity index (χ2n) is 5.78. The van der Waals surface area contributed by atoms with Crippen molar-refractivity contribution in [3.05, 3.63) is 36.0 Å². The number of nitrogens with zero attached hydrogens (tertiary/aromatic N) is 4. The Labute approximate surface area is 151 Å². The largest absolute Gasteiger partial charge is 0.350 e. The van der Waals surface area contributed by atoms with Crippen LogP contribution < -0.4 is 10.6 Å². The van der Waals surface area contributed by atoms with Gasteiger partial charge in [-0.2, -0.15) is 9.90 Å². The van der Waals surface area contributed by atoms with Crippen LogP contribution in [0, 0.1) is 0 Å². The van der Waals surface area contributed by atoms with E-state index in [-0.39, 0.29) is 35.7 Å². The number of urea groups is 1. The molecule has 140 valence electrons. The zero-order valence-corrected chi connectivity index (χ0v) is 15.4. The minimum atomic E-state index is -3.24. The van der Waals surface area contributed by atoms with Crippen LogP contribution in [-0.2, 0) is 27.7 Å². The zero-order chi connectivity index (χ0) is 19.3. The molecule has 10 nitrogen and oxygen atoms in total. The van der Waals surface area contributed by atoms with Crippen molar-refractivity contribution in [2.75, 3.05) is 25.7 Å². The third-order valence-electron chi connectivity index (χ3n) is 3.30. The highest BCUT2D eigenvalue weighted by Crippen LogP contribution is 2.10. The van der Waals surface area contributed by atoms with E-state index in [0.717, 1.165) is 16.6 Å². The van der Waals surface area contributed by atoms with E-state index in [2.05, 4.69) is 20.8 Å². The average Bonchev–Trinajstić information content (AvgIpc) is 2.99. The molecule has 0 atom stereocenters. The van der Waals surface area contributed by atoms with Crippen LogP contribution in [0.3, 0.4) is 0 Å². The second kappa shape index (κ2) is 7.95. The Kier molecular flexibility index (Phi) is 5.93. The van der Waals surface area contributed by atoms with Crippen LogP contribution in [0.15, 0.2) is 35.4 Å². The first-order valence-electron chi connectivity index (χ1n) is 7.59. The number of amides is 3. The molecule has 0 unspecified atom stereocenters. The van der Waals surface area contributed by atoms with E-state index in [1.165, 1.54) is 23.2 Å². The van der Waals surface area contributed by atoms with E-state index >= 15 is 0 Å². The van der Waals surface area contributed by atoms with E-state index in [1.807, 2.05) is 0 Å². The van der Waals surface area contributed by atoms with Gasteiger partial charge >= 0.3 is 6.03 Å². The van der Waals surface area contributed by atoms with Crippen molar-refractivity contribution in [3.8, 4) is 0 Å². The van der Waals surface area contributed by atoms with Crippen LogP contribution in [0.5, 0.6) is 0 Å². The van der Waals surface area contributed by atoms with Gasteiger partial charge in [-0.05, 0) is 17.7 Å². The van der Waals surface area contributed by atoms with Crippen molar-refractivity contribution >= 4 is 27.6 Å². The maximum atomic E-state index is 11.9. The van der Waals surface area contributed by atoms with Crippen LogP contribution >= 0.6 is 0 Å². The number of carbonyl (C=O) groups is 2. The highest BCUT2D eigenvalue weighted by atomic mass is 32.2. The van der Waals surface area contributed by atoms with Gasteiger partial charge < -0.3 is 10.2 Å². The molecule has 0 saturated heterocycles. The smallest absolute Gasteiger partial charge is 0.322 e. The van der Waals surface area contributed by atoms with Gasteiger partial charge in [-0.1, -0.05) is 12.1 Å². The van der Waals surface area contributed by atoms with E-state index < -0.39 is 9.84 Å². The first-order valence-corrected chi connectivity index (χ1v) is 9.48. The Morgan fingerprint density at radius 3 is 2.42 bits per heavy atom. The number of rotatable bonds is 6. The van der Waals surface area contributed by atoms with Crippen LogP contribution in [0.4, 0.5) is 10.6 Å². The molecule has 0 radical (unpaired) electrons. The molecule has 1 aromatic heterocycles. The summed E-state index contributed by atoms with van der Waals surface area (Å²) < 4.78 is 22.8. The fourth-order valence-electron chi connectivity index (χ4n) is 1.89. The van der Waals surface area contributed by atoms with Gasteiger partial charge in [0.15, 0.2) is 15.7 Å². The molecule has 0 aliphatic rings. The predicted molar refractivity (Wildman–Crippen MR) is 94.1 cm³/mol. The van der Waals surface area contributed by atoms with Gasteiger partial charge in [-0.3, -0.25) is 10.1 Å². The normalized spacial score (nSPS) is 11.0.